The van der Waals surface area contributed by atoms with Crippen LogP contribution in [0.15, 0.2) is 42.5 Å². The molecule has 25 heavy (non-hydrogen) atoms. The van der Waals surface area contributed by atoms with Gasteiger partial charge in [0.25, 0.3) is 5.91 Å². The van der Waals surface area contributed by atoms with Crippen LogP contribution in [-0.4, -0.2) is 18.1 Å². The van der Waals surface area contributed by atoms with Crippen molar-refractivity contribution in [3.8, 4) is 5.75 Å². The predicted molar refractivity (Wildman–Crippen MR) is 100 cm³/mol. The number of anilines is 1. The van der Waals surface area contributed by atoms with Gasteiger partial charge in [-0.3, -0.25) is 4.79 Å². The number of aryl methyl sites for hydroxylation is 2. The van der Waals surface area contributed by atoms with Crippen molar-refractivity contribution in [2.45, 2.75) is 58.1 Å². The smallest absolute Gasteiger partial charge is 0.268 e. The average molecular weight is 335 g/mol. The molecule has 1 amide bonds. The van der Waals surface area contributed by atoms with E-state index in [2.05, 4.69) is 25.1 Å². The van der Waals surface area contributed by atoms with Gasteiger partial charge in [0, 0.05) is 11.7 Å². The average Bonchev–Trinajstić information content (AvgIpc) is 2.96. The van der Waals surface area contributed by atoms with Crippen molar-refractivity contribution >= 4 is 11.6 Å². The van der Waals surface area contributed by atoms with E-state index in [9.17, 15) is 4.79 Å². The third-order valence-corrected chi connectivity index (χ3v) is 5.43. The van der Waals surface area contributed by atoms with Gasteiger partial charge in [0.05, 0.1) is 0 Å². The molecule has 3 nitrogen and oxygen atoms in total. The number of hydrogen-bond acceptors (Lipinski definition) is 2. The molecule has 0 unspecified atom stereocenters. The van der Waals surface area contributed by atoms with Gasteiger partial charge in [-0.25, -0.2) is 0 Å². The van der Waals surface area contributed by atoms with Gasteiger partial charge in [0.2, 0.25) is 0 Å². The van der Waals surface area contributed by atoms with Gasteiger partial charge < -0.3 is 9.64 Å². The van der Waals surface area contributed by atoms with Crippen LogP contribution in [0, 0.1) is 0 Å². The summed E-state index contributed by atoms with van der Waals surface area (Å²) < 4.78 is 6.03. The molecule has 0 N–H and O–H groups in total. The highest BCUT2D eigenvalue weighted by Crippen LogP contribution is 2.33. The fraction of sp³-hybridized carbons (Fsp3) is 0.409. The standard InChI is InChI=1S/C22H25NO2/c1-15-13-19-9-5-6-10-21(19)23(15)22(24)16(2)25-20-12-11-17-7-3-4-8-18(17)14-20/h5-6,9-12,14-16H,3-4,7-8,13H2,1-2H3/t15-,16+/m0/s1. The van der Waals surface area contributed by atoms with Crippen LogP contribution in [0.2, 0.25) is 0 Å². The Balaban J connectivity index is 1.51. The van der Waals surface area contributed by atoms with Crippen LogP contribution in [0.5, 0.6) is 5.75 Å². The van der Waals surface area contributed by atoms with Crippen LogP contribution in [-0.2, 0) is 24.1 Å². The SMILES string of the molecule is C[C@@H](Oc1ccc2c(c1)CCCC2)C(=O)N1c2ccccc2C[C@@H]1C. The van der Waals surface area contributed by atoms with E-state index >= 15 is 0 Å². The van der Waals surface area contributed by atoms with Crippen molar-refractivity contribution in [3.63, 3.8) is 0 Å². The maximum atomic E-state index is 13.0. The summed E-state index contributed by atoms with van der Waals surface area (Å²) in [6.07, 6.45) is 5.21. The van der Waals surface area contributed by atoms with Crippen LogP contribution in [0.4, 0.5) is 5.69 Å². The van der Waals surface area contributed by atoms with Gasteiger partial charge in [-0.15, -0.1) is 0 Å². The highest BCUT2D eigenvalue weighted by atomic mass is 16.5. The minimum Gasteiger partial charge on any atom is -0.481 e. The second-order valence-electron chi connectivity index (χ2n) is 7.29. The van der Waals surface area contributed by atoms with E-state index in [0.29, 0.717) is 0 Å². The lowest BCUT2D eigenvalue weighted by Gasteiger charge is -2.26. The highest BCUT2D eigenvalue weighted by molar-refractivity contribution is 5.99. The van der Waals surface area contributed by atoms with Crippen LogP contribution in [0.3, 0.4) is 0 Å². The molecular formula is C22H25NO2. The molecule has 0 saturated heterocycles. The molecule has 3 heteroatoms. The number of benzene rings is 2. The number of carbonyl (C=O) groups excluding carboxylic acids is 1. The molecule has 0 spiro atoms. The van der Waals surface area contributed by atoms with E-state index in [0.717, 1.165) is 30.7 Å². The maximum absolute atomic E-state index is 13.0. The zero-order chi connectivity index (χ0) is 17.4. The molecule has 2 atom stereocenters. The molecule has 2 aromatic carbocycles. The van der Waals surface area contributed by atoms with Crippen LogP contribution >= 0.6 is 0 Å². The van der Waals surface area contributed by atoms with Gasteiger partial charge in [0.15, 0.2) is 6.10 Å². The zero-order valence-electron chi connectivity index (χ0n) is 15.0. The molecule has 1 heterocycles. The molecule has 2 aromatic rings. The van der Waals surface area contributed by atoms with Crippen molar-refractivity contribution in [2.75, 3.05) is 4.90 Å². The number of carbonyl (C=O) groups is 1. The molecule has 4 rings (SSSR count). The number of para-hydroxylation sites is 1. The van der Waals surface area contributed by atoms with Crippen molar-refractivity contribution in [1.29, 1.82) is 0 Å². The summed E-state index contributed by atoms with van der Waals surface area (Å²) in [5.41, 5.74) is 5.08. The Bertz CT molecular complexity index is 798. The molecular weight excluding hydrogens is 310 g/mol. The third-order valence-electron chi connectivity index (χ3n) is 5.43. The first-order valence-electron chi connectivity index (χ1n) is 9.33. The number of ether oxygens (including phenoxy) is 1. The molecule has 0 aromatic heterocycles. The molecule has 0 bridgehead atoms. The molecule has 0 radical (unpaired) electrons. The summed E-state index contributed by atoms with van der Waals surface area (Å²) >= 11 is 0. The van der Waals surface area contributed by atoms with E-state index in [1.54, 1.807) is 0 Å². The first-order chi connectivity index (χ1) is 12.1. The van der Waals surface area contributed by atoms with Crippen molar-refractivity contribution in [2.24, 2.45) is 0 Å². The predicted octanol–water partition coefficient (Wildman–Crippen LogP) is 4.31. The quantitative estimate of drug-likeness (QED) is 0.836. The molecule has 0 saturated carbocycles. The van der Waals surface area contributed by atoms with E-state index in [1.165, 1.54) is 29.5 Å². The Hall–Kier alpha value is -2.29. The fourth-order valence-electron chi connectivity index (χ4n) is 4.13. The second kappa shape index (κ2) is 6.55. The van der Waals surface area contributed by atoms with Gasteiger partial charge >= 0.3 is 0 Å². The van der Waals surface area contributed by atoms with E-state index in [4.69, 9.17) is 4.74 Å². The zero-order valence-corrected chi connectivity index (χ0v) is 15.0. The number of hydrogen-bond donors (Lipinski definition) is 0. The monoisotopic (exact) mass is 335 g/mol. The Morgan fingerprint density at radius 1 is 1.08 bits per heavy atom. The van der Waals surface area contributed by atoms with E-state index in [-0.39, 0.29) is 11.9 Å². The lowest BCUT2D eigenvalue weighted by atomic mass is 9.92. The maximum Gasteiger partial charge on any atom is 0.268 e. The highest BCUT2D eigenvalue weighted by Gasteiger charge is 2.33. The Labute approximate surface area is 149 Å². The Morgan fingerprint density at radius 3 is 2.68 bits per heavy atom. The summed E-state index contributed by atoms with van der Waals surface area (Å²) in [4.78, 5) is 14.9. The lowest BCUT2D eigenvalue weighted by Crippen LogP contribution is -2.43. The summed E-state index contributed by atoms with van der Waals surface area (Å²) in [6.45, 7) is 3.96. The van der Waals surface area contributed by atoms with Crippen LogP contribution in [0.25, 0.3) is 0 Å². The van der Waals surface area contributed by atoms with Gasteiger partial charge in [0.1, 0.15) is 5.75 Å². The largest absolute Gasteiger partial charge is 0.481 e. The van der Waals surface area contributed by atoms with Gasteiger partial charge in [-0.05, 0) is 80.8 Å². The minimum absolute atomic E-state index is 0.0372. The molecule has 1 aliphatic heterocycles. The Kier molecular flexibility index (Phi) is 4.24. The summed E-state index contributed by atoms with van der Waals surface area (Å²) in [7, 11) is 0. The lowest BCUT2D eigenvalue weighted by molar-refractivity contribution is -0.124. The molecule has 130 valence electrons. The first kappa shape index (κ1) is 16.2. The third kappa shape index (κ3) is 3.04. The van der Waals surface area contributed by atoms with Crippen LogP contribution < -0.4 is 9.64 Å². The normalized spacial score (nSPS) is 19.9. The van der Waals surface area contributed by atoms with E-state index in [1.807, 2.05) is 36.1 Å². The summed E-state index contributed by atoms with van der Waals surface area (Å²) in [5.74, 6) is 0.844. The van der Waals surface area contributed by atoms with Crippen molar-refractivity contribution in [1.82, 2.24) is 0 Å². The molecule has 0 fully saturated rings. The Morgan fingerprint density at radius 2 is 1.84 bits per heavy atom. The number of nitrogens with zero attached hydrogens (tertiary/aromatic N) is 1. The fourth-order valence-corrected chi connectivity index (χ4v) is 4.13. The summed E-state index contributed by atoms with van der Waals surface area (Å²) in [6, 6.07) is 14.6. The number of amides is 1. The van der Waals surface area contributed by atoms with Gasteiger partial charge in [-0.2, -0.15) is 0 Å². The molecule has 2 aliphatic rings. The van der Waals surface area contributed by atoms with Crippen molar-refractivity contribution in [3.05, 3.63) is 59.2 Å². The number of fused-ring (bicyclic) bond motifs is 2. The van der Waals surface area contributed by atoms with Crippen LogP contribution in [0.1, 0.15) is 43.4 Å². The minimum atomic E-state index is -0.491. The molecule has 1 aliphatic carbocycles. The summed E-state index contributed by atoms with van der Waals surface area (Å²) in [5, 5.41) is 0. The van der Waals surface area contributed by atoms with Gasteiger partial charge in [-0.1, -0.05) is 24.3 Å². The second-order valence-corrected chi connectivity index (χ2v) is 7.29. The topological polar surface area (TPSA) is 29.5 Å². The van der Waals surface area contributed by atoms with E-state index < -0.39 is 6.10 Å². The number of rotatable bonds is 3. The van der Waals surface area contributed by atoms with Crippen molar-refractivity contribution < 1.29 is 9.53 Å². The first-order valence-corrected chi connectivity index (χ1v) is 9.33.